The number of aromatic nitrogens is 2. The van der Waals surface area contributed by atoms with Gasteiger partial charge in [0.15, 0.2) is 5.76 Å². The van der Waals surface area contributed by atoms with E-state index in [1.807, 2.05) is 6.92 Å². The maximum Gasteiger partial charge on any atom is 0.284 e. The Labute approximate surface area is 166 Å². The summed E-state index contributed by atoms with van der Waals surface area (Å²) in [7, 11) is 0. The SMILES string of the molecule is CCOc1ccc(N(CCC#N)C(=O)CSc2nnc(-c3ccco3)o2)cc1. The maximum absolute atomic E-state index is 12.7. The Morgan fingerprint density at radius 2 is 2.11 bits per heavy atom. The molecule has 2 aromatic heterocycles. The summed E-state index contributed by atoms with van der Waals surface area (Å²) in [6.45, 7) is 2.77. The Hall–Kier alpha value is -3.25. The highest BCUT2D eigenvalue weighted by molar-refractivity contribution is 7.99. The fourth-order valence-corrected chi connectivity index (χ4v) is 3.06. The number of nitrogens with zero attached hydrogens (tertiary/aromatic N) is 4. The first-order chi connectivity index (χ1) is 13.7. The van der Waals surface area contributed by atoms with Crippen molar-refractivity contribution in [3.8, 4) is 23.5 Å². The van der Waals surface area contributed by atoms with E-state index in [1.165, 1.54) is 6.26 Å². The lowest BCUT2D eigenvalue weighted by atomic mass is 10.2. The van der Waals surface area contributed by atoms with Crippen LogP contribution in [0.5, 0.6) is 5.75 Å². The highest BCUT2D eigenvalue weighted by Crippen LogP contribution is 2.25. The van der Waals surface area contributed by atoms with Gasteiger partial charge in [-0.1, -0.05) is 11.8 Å². The van der Waals surface area contributed by atoms with Crippen molar-refractivity contribution in [3.05, 3.63) is 42.7 Å². The van der Waals surface area contributed by atoms with E-state index in [4.69, 9.17) is 18.8 Å². The summed E-state index contributed by atoms with van der Waals surface area (Å²) in [5, 5.41) is 17.0. The van der Waals surface area contributed by atoms with Gasteiger partial charge in [0, 0.05) is 12.2 Å². The number of hydrogen-bond donors (Lipinski definition) is 0. The molecule has 3 aromatic rings. The summed E-state index contributed by atoms with van der Waals surface area (Å²) in [5.41, 5.74) is 0.700. The van der Waals surface area contributed by atoms with Gasteiger partial charge in [-0.15, -0.1) is 10.2 Å². The van der Waals surface area contributed by atoms with Gasteiger partial charge in [0.25, 0.3) is 11.1 Å². The van der Waals surface area contributed by atoms with E-state index in [1.54, 1.807) is 41.3 Å². The first-order valence-electron chi connectivity index (χ1n) is 8.61. The number of benzene rings is 1. The van der Waals surface area contributed by atoms with Gasteiger partial charge in [-0.05, 0) is 43.3 Å². The second-order valence-electron chi connectivity index (χ2n) is 5.52. The predicted molar refractivity (Wildman–Crippen MR) is 103 cm³/mol. The van der Waals surface area contributed by atoms with Crippen LogP contribution in [0.4, 0.5) is 5.69 Å². The highest BCUT2D eigenvalue weighted by atomic mass is 32.2. The zero-order chi connectivity index (χ0) is 19.8. The third-order valence-electron chi connectivity index (χ3n) is 3.67. The molecule has 0 saturated carbocycles. The van der Waals surface area contributed by atoms with Crippen molar-refractivity contribution in [1.82, 2.24) is 10.2 Å². The van der Waals surface area contributed by atoms with Gasteiger partial charge in [-0.3, -0.25) is 4.79 Å². The van der Waals surface area contributed by atoms with Gasteiger partial charge >= 0.3 is 0 Å². The minimum atomic E-state index is -0.165. The molecule has 0 unspecified atom stereocenters. The van der Waals surface area contributed by atoms with Crippen molar-refractivity contribution in [2.75, 3.05) is 23.8 Å². The van der Waals surface area contributed by atoms with E-state index in [9.17, 15) is 4.79 Å². The molecule has 3 rings (SSSR count). The van der Waals surface area contributed by atoms with Crippen LogP contribution in [-0.2, 0) is 4.79 Å². The molecule has 2 heterocycles. The summed E-state index contributed by atoms with van der Waals surface area (Å²) < 4.78 is 16.1. The molecule has 0 bridgehead atoms. The smallest absolute Gasteiger partial charge is 0.284 e. The molecule has 0 aliphatic heterocycles. The third kappa shape index (κ3) is 4.92. The third-order valence-corrected chi connectivity index (χ3v) is 4.47. The molecule has 8 nitrogen and oxygen atoms in total. The van der Waals surface area contributed by atoms with Gasteiger partial charge in [-0.25, -0.2) is 0 Å². The molecule has 1 amide bonds. The minimum absolute atomic E-state index is 0.0957. The summed E-state index contributed by atoms with van der Waals surface area (Å²) in [4.78, 5) is 14.3. The van der Waals surface area contributed by atoms with Crippen molar-refractivity contribution >= 4 is 23.4 Å². The van der Waals surface area contributed by atoms with Gasteiger partial charge in [0.2, 0.25) is 5.91 Å². The van der Waals surface area contributed by atoms with E-state index in [0.717, 1.165) is 17.5 Å². The molecule has 0 saturated heterocycles. The largest absolute Gasteiger partial charge is 0.494 e. The molecular formula is C19H18N4O4S. The molecule has 0 fully saturated rings. The number of amides is 1. The summed E-state index contributed by atoms with van der Waals surface area (Å²) in [6, 6.07) is 12.7. The first kappa shape index (κ1) is 19.5. The Morgan fingerprint density at radius 3 is 2.79 bits per heavy atom. The summed E-state index contributed by atoms with van der Waals surface area (Å²) in [6.07, 6.45) is 1.74. The van der Waals surface area contributed by atoms with Gasteiger partial charge in [0.1, 0.15) is 5.75 Å². The molecule has 0 aliphatic carbocycles. The number of ether oxygens (including phenoxy) is 1. The van der Waals surface area contributed by atoms with Crippen molar-refractivity contribution in [2.45, 2.75) is 18.6 Å². The lowest BCUT2D eigenvalue weighted by Gasteiger charge is -2.21. The fourth-order valence-electron chi connectivity index (χ4n) is 2.42. The average molecular weight is 398 g/mol. The summed E-state index contributed by atoms with van der Waals surface area (Å²) >= 11 is 1.13. The molecule has 9 heteroatoms. The normalized spacial score (nSPS) is 10.4. The van der Waals surface area contributed by atoms with Gasteiger partial charge in [-0.2, -0.15) is 5.26 Å². The van der Waals surface area contributed by atoms with Crippen molar-refractivity contribution in [3.63, 3.8) is 0 Å². The molecular weight excluding hydrogens is 380 g/mol. The molecule has 0 N–H and O–H groups in total. The molecule has 0 radical (unpaired) electrons. The Bertz CT molecular complexity index is 932. The average Bonchev–Trinajstić information content (AvgIpc) is 3.40. The van der Waals surface area contributed by atoms with Crippen molar-refractivity contribution in [1.29, 1.82) is 5.26 Å². The quantitative estimate of drug-likeness (QED) is 0.502. The van der Waals surface area contributed by atoms with E-state index >= 15 is 0 Å². The van der Waals surface area contributed by atoms with Crippen LogP contribution in [0.15, 0.2) is 56.7 Å². The van der Waals surface area contributed by atoms with E-state index in [-0.39, 0.29) is 29.2 Å². The number of nitriles is 1. The Balaban J connectivity index is 1.65. The van der Waals surface area contributed by atoms with Crippen LogP contribution in [0.3, 0.4) is 0 Å². The summed E-state index contributed by atoms with van der Waals surface area (Å²) in [5.74, 6) is 1.38. The first-order valence-corrected chi connectivity index (χ1v) is 9.60. The van der Waals surface area contributed by atoms with Crippen molar-refractivity contribution < 1.29 is 18.4 Å². The zero-order valence-corrected chi connectivity index (χ0v) is 16.0. The Morgan fingerprint density at radius 1 is 1.29 bits per heavy atom. The molecule has 0 aliphatic rings. The number of carbonyl (C=O) groups is 1. The number of thioether (sulfide) groups is 1. The monoisotopic (exact) mass is 398 g/mol. The second kappa shape index (κ2) is 9.62. The highest BCUT2D eigenvalue weighted by Gasteiger charge is 2.18. The lowest BCUT2D eigenvalue weighted by molar-refractivity contribution is -0.116. The molecule has 0 spiro atoms. The van der Waals surface area contributed by atoms with Crippen LogP contribution < -0.4 is 9.64 Å². The van der Waals surface area contributed by atoms with Crippen molar-refractivity contribution in [2.24, 2.45) is 0 Å². The van der Waals surface area contributed by atoms with E-state index in [0.29, 0.717) is 24.6 Å². The number of furan rings is 1. The van der Waals surface area contributed by atoms with Crippen LogP contribution in [0.1, 0.15) is 13.3 Å². The van der Waals surface area contributed by atoms with Gasteiger partial charge < -0.3 is 18.5 Å². The van der Waals surface area contributed by atoms with Crippen LogP contribution >= 0.6 is 11.8 Å². The standard InChI is InChI=1S/C19H18N4O4S/c1-2-25-15-8-6-14(7-9-15)23(11-4-10-20)17(24)13-28-19-22-21-18(27-19)16-5-3-12-26-16/h3,5-9,12H,2,4,11,13H2,1H3. The molecule has 0 atom stereocenters. The van der Waals surface area contributed by atoms with Crippen LogP contribution in [-0.4, -0.2) is 35.0 Å². The molecule has 28 heavy (non-hydrogen) atoms. The Kier molecular flexibility index (Phi) is 6.70. The number of hydrogen-bond acceptors (Lipinski definition) is 8. The van der Waals surface area contributed by atoms with Crippen LogP contribution in [0.2, 0.25) is 0 Å². The minimum Gasteiger partial charge on any atom is -0.494 e. The zero-order valence-electron chi connectivity index (χ0n) is 15.2. The number of carbonyl (C=O) groups excluding carboxylic acids is 1. The van der Waals surface area contributed by atoms with Crippen LogP contribution in [0.25, 0.3) is 11.7 Å². The number of anilines is 1. The van der Waals surface area contributed by atoms with E-state index < -0.39 is 0 Å². The molecule has 1 aromatic carbocycles. The molecule has 144 valence electrons. The van der Waals surface area contributed by atoms with Crippen LogP contribution in [0, 0.1) is 11.3 Å². The second-order valence-corrected chi connectivity index (χ2v) is 6.45. The maximum atomic E-state index is 12.7. The predicted octanol–water partition coefficient (Wildman–Crippen LogP) is 3.77. The topological polar surface area (TPSA) is 105 Å². The fraction of sp³-hybridized carbons (Fsp3) is 0.263. The number of rotatable bonds is 9. The van der Waals surface area contributed by atoms with Gasteiger partial charge in [0.05, 0.1) is 31.1 Å². The van der Waals surface area contributed by atoms with E-state index in [2.05, 4.69) is 16.3 Å². The lowest BCUT2D eigenvalue weighted by Crippen LogP contribution is -2.33.